The zero-order chi connectivity index (χ0) is 23.9. The van der Waals surface area contributed by atoms with Crippen LogP contribution in [-0.4, -0.2) is 28.8 Å². The van der Waals surface area contributed by atoms with Crippen molar-refractivity contribution in [3.63, 3.8) is 0 Å². The zero-order valence-corrected chi connectivity index (χ0v) is 18.8. The van der Waals surface area contributed by atoms with E-state index in [4.69, 9.17) is 5.11 Å². The molecule has 0 radical (unpaired) electrons. The van der Waals surface area contributed by atoms with Gasteiger partial charge in [0.15, 0.2) is 0 Å². The number of carbonyl (C=O) groups excluding carboxylic acids is 3. The van der Waals surface area contributed by atoms with Crippen molar-refractivity contribution in [3.8, 4) is 0 Å². The molecule has 0 saturated heterocycles. The fraction of sp³-hybridized carbons (Fsp3) is 0.385. The van der Waals surface area contributed by atoms with Crippen LogP contribution in [0.2, 0.25) is 0 Å². The number of esters is 2. The third kappa shape index (κ3) is 20.0. The van der Waals surface area contributed by atoms with Crippen LogP contribution in [0.1, 0.15) is 64.7 Å². The summed E-state index contributed by atoms with van der Waals surface area (Å²) in [5, 5.41) is 8.38. The van der Waals surface area contributed by atoms with Gasteiger partial charge in [0.2, 0.25) is 0 Å². The molecule has 1 N–H and O–H groups in total. The molecule has 0 fully saturated rings. The van der Waals surface area contributed by atoms with E-state index in [0.717, 1.165) is 38.5 Å². The topological polar surface area (TPSA) is 97.7 Å². The molecule has 0 atom stereocenters. The van der Waals surface area contributed by atoms with Gasteiger partial charge in [0.1, 0.15) is 6.42 Å². The molecule has 0 aromatic rings. The molecule has 0 aliphatic heterocycles. The van der Waals surface area contributed by atoms with Crippen molar-refractivity contribution in [1.82, 2.24) is 0 Å². The monoisotopic (exact) mass is 442 g/mol. The minimum absolute atomic E-state index is 0.0187. The second-order valence-electron chi connectivity index (χ2n) is 6.71. The molecular formula is C26H34O6. The Hall–Kier alpha value is -3.28. The quantitative estimate of drug-likeness (QED) is 0.137. The Morgan fingerprint density at radius 3 is 1.44 bits per heavy atom. The average Bonchev–Trinajstić information content (AvgIpc) is 2.75. The van der Waals surface area contributed by atoms with Crippen molar-refractivity contribution in [3.05, 3.63) is 72.9 Å². The van der Waals surface area contributed by atoms with Crippen molar-refractivity contribution in [2.75, 3.05) is 0 Å². The largest absolute Gasteiger partial charge is 0.475 e. The van der Waals surface area contributed by atoms with E-state index < -0.39 is 30.1 Å². The minimum Gasteiger partial charge on any atom is -0.475 e. The van der Waals surface area contributed by atoms with E-state index in [9.17, 15) is 19.2 Å². The molecule has 0 rings (SSSR count). The fourth-order valence-corrected chi connectivity index (χ4v) is 2.26. The molecule has 0 heterocycles. The number of carbonyl (C=O) groups is 4. The Morgan fingerprint density at radius 2 is 1.03 bits per heavy atom. The zero-order valence-electron chi connectivity index (χ0n) is 18.8. The number of aliphatic carboxylic acids is 1. The Labute approximate surface area is 190 Å². The van der Waals surface area contributed by atoms with E-state index in [1.165, 1.54) is 0 Å². The highest BCUT2D eigenvalue weighted by Crippen LogP contribution is 2.00. The molecule has 0 bridgehead atoms. The molecule has 0 unspecified atom stereocenters. The lowest BCUT2D eigenvalue weighted by molar-refractivity contribution is -0.162. The first-order chi connectivity index (χ1) is 15.5. The number of Topliss-reactive ketones (excluding diaryl/α,β-unsaturated/α-hetero) is 1. The minimum atomic E-state index is -1.73. The van der Waals surface area contributed by atoms with E-state index in [-0.39, 0.29) is 6.42 Å². The van der Waals surface area contributed by atoms with E-state index >= 15 is 0 Å². The second-order valence-corrected chi connectivity index (χ2v) is 6.71. The van der Waals surface area contributed by atoms with Crippen LogP contribution in [0.15, 0.2) is 72.9 Å². The van der Waals surface area contributed by atoms with Gasteiger partial charge in [-0.15, -0.1) is 0 Å². The van der Waals surface area contributed by atoms with E-state index in [1.807, 2.05) is 12.2 Å². The fourth-order valence-electron chi connectivity index (χ4n) is 2.26. The maximum Gasteiger partial charge on any atom is 0.372 e. The average molecular weight is 443 g/mol. The number of rotatable bonds is 17. The Kier molecular flexibility index (Phi) is 18.8. The van der Waals surface area contributed by atoms with Gasteiger partial charge in [0.25, 0.3) is 5.78 Å². The molecular weight excluding hydrogens is 408 g/mol. The third-order valence-electron chi connectivity index (χ3n) is 3.88. The number of hydrogen-bond donors (Lipinski definition) is 1. The van der Waals surface area contributed by atoms with Crippen molar-refractivity contribution in [2.45, 2.75) is 64.7 Å². The molecule has 32 heavy (non-hydrogen) atoms. The highest BCUT2D eigenvalue weighted by molar-refractivity contribution is 6.36. The predicted molar refractivity (Wildman–Crippen MR) is 126 cm³/mol. The lowest BCUT2D eigenvalue weighted by Gasteiger charge is -1.99. The second kappa shape index (κ2) is 21.0. The highest BCUT2D eigenvalue weighted by Gasteiger charge is 2.19. The summed E-state index contributed by atoms with van der Waals surface area (Å²) in [5.74, 6) is -4.97. The van der Waals surface area contributed by atoms with Gasteiger partial charge in [-0.05, 0) is 44.9 Å². The highest BCUT2D eigenvalue weighted by atomic mass is 16.6. The summed E-state index contributed by atoms with van der Waals surface area (Å²) in [6.45, 7) is 2.13. The van der Waals surface area contributed by atoms with E-state index in [0.29, 0.717) is 6.42 Å². The Balaban J connectivity index is 3.73. The number of allylic oxidation sites excluding steroid dienone is 12. The van der Waals surface area contributed by atoms with Crippen LogP contribution in [0.25, 0.3) is 0 Å². The molecule has 0 amide bonds. The van der Waals surface area contributed by atoms with Gasteiger partial charge in [-0.2, -0.15) is 0 Å². The summed E-state index contributed by atoms with van der Waals surface area (Å²) in [5.41, 5.74) is 0. The summed E-state index contributed by atoms with van der Waals surface area (Å²) < 4.78 is 4.38. The summed E-state index contributed by atoms with van der Waals surface area (Å²) in [6, 6.07) is 0. The Bertz CT molecular complexity index is 750. The molecule has 6 heteroatoms. The first-order valence-corrected chi connectivity index (χ1v) is 10.9. The lowest BCUT2D eigenvalue weighted by Crippen LogP contribution is -2.20. The number of ether oxygens (including phenoxy) is 1. The molecule has 174 valence electrons. The maximum atomic E-state index is 11.4. The van der Waals surface area contributed by atoms with Crippen LogP contribution in [0, 0.1) is 0 Å². The van der Waals surface area contributed by atoms with Gasteiger partial charge < -0.3 is 9.84 Å². The number of hydrogen-bond acceptors (Lipinski definition) is 5. The molecule has 0 saturated carbocycles. The molecule has 0 aliphatic rings. The lowest BCUT2D eigenvalue weighted by atomic mass is 10.2. The summed E-state index contributed by atoms with van der Waals surface area (Å²) >= 11 is 0. The maximum absolute atomic E-state index is 11.4. The van der Waals surface area contributed by atoms with Crippen LogP contribution in [-0.2, 0) is 23.9 Å². The molecule has 6 nitrogen and oxygen atoms in total. The standard InChI is InChI=1S/C26H34O6/c1-2-3-4-5-6-7-8-9-10-11-12-13-14-15-16-17-18-19-20-21-24(28)32-25(29)22-23(27)26(30)31/h3-4,6-7,9-10,12-13,15-16,18-19H,2,5,8,11,14,17,20-22H2,1H3,(H,30,31)/b4-3-,7-6-,10-9-,13-12-,16-15-,19-18-. The van der Waals surface area contributed by atoms with Crippen LogP contribution in [0.4, 0.5) is 0 Å². The van der Waals surface area contributed by atoms with Gasteiger partial charge >= 0.3 is 17.9 Å². The molecule has 0 spiro atoms. The number of carboxylic acid groups (broad SMARTS) is 1. The van der Waals surface area contributed by atoms with E-state index in [2.05, 4.69) is 66.3 Å². The predicted octanol–water partition coefficient (Wildman–Crippen LogP) is 5.58. The summed E-state index contributed by atoms with van der Waals surface area (Å²) in [6.07, 6.45) is 30.0. The normalized spacial score (nSPS) is 12.3. The number of carboxylic acids is 1. The van der Waals surface area contributed by atoms with Crippen LogP contribution >= 0.6 is 0 Å². The van der Waals surface area contributed by atoms with Gasteiger partial charge in [0.05, 0.1) is 0 Å². The van der Waals surface area contributed by atoms with Crippen LogP contribution in [0.3, 0.4) is 0 Å². The van der Waals surface area contributed by atoms with Crippen molar-refractivity contribution in [1.29, 1.82) is 0 Å². The summed E-state index contributed by atoms with van der Waals surface area (Å²) in [7, 11) is 0. The van der Waals surface area contributed by atoms with Gasteiger partial charge in [-0.1, -0.05) is 79.8 Å². The van der Waals surface area contributed by atoms with Gasteiger partial charge in [-0.3, -0.25) is 14.4 Å². The van der Waals surface area contributed by atoms with Crippen molar-refractivity contribution < 1.29 is 29.0 Å². The first kappa shape index (κ1) is 28.7. The smallest absolute Gasteiger partial charge is 0.372 e. The van der Waals surface area contributed by atoms with E-state index in [1.54, 1.807) is 6.08 Å². The molecule has 0 aromatic heterocycles. The summed E-state index contributed by atoms with van der Waals surface area (Å²) in [4.78, 5) is 43.8. The first-order valence-electron chi connectivity index (χ1n) is 10.9. The van der Waals surface area contributed by atoms with Crippen molar-refractivity contribution >= 4 is 23.7 Å². The third-order valence-corrected chi connectivity index (χ3v) is 3.88. The van der Waals surface area contributed by atoms with Gasteiger partial charge in [0, 0.05) is 6.42 Å². The Morgan fingerprint density at radius 1 is 0.625 bits per heavy atom. The number of ketones is 1. The SMILES string of the molecule is CC/C=C\C/C=C\C/C=C\C/C=C\C/C=C\C/C=C\CCC(=O)OC(=O)CC(=O)C(=O)O. The van der Waals surface area contributed by atoms with Gasteiger partial charge in [-0.25, -0.2) is 4.79 Å². The molecule has 0 aromatic carbocycles. The molecule has 0 aliphatic carbocycles. The van der Waals surface area contributed by atoms with Crippen LogP contribution in [0.5, 0.6) is 0 Å². The van der Waals surface area contributed by atoms with Crippen LogP contribution < -0.4 is 0 Å². The van der Waals surface area contributed by atoms with Crippen molar-refractivity contribution in [2.24, 2.45) is 0 Å².